The minimum absolute atomic E-state index is 0.112. The monoisotopic (exact) mass is 469 g/mol. The molecule has 0 saturated carbocycles. The lowest BCUT2D eigenvalue weighted by atomic mass is 10.2. The first-order valence-electron chi connectivity index (χ1n) is 9.59. The average molecular weight is 470 g/mol. The molecule has 0 unspecified atom stereocenters. The second-order valence-corrected chi connectivity index (χ2v) is 8.28. The van der Waals surface area contributed by atoms with Crippen molar-refractivity contribution in [2.45, 2.75) is 11.7 Å². The zero-order valence-corrected chi connectivity index (χ0v) is 18.1. The lowest BCUT2D eigenvalue weighted by Crippen LogP contribution is -2.24. The van der Waals surface area contributed by atoms with Gasteiger partial charge in [-0.25, -0.2) is 14.5 Å². The van der Waals surface area contributed by atoms with E-state index in [1.807, 2.05) is 18.2 Å². The van der Waals surface area contributed by atoms with Crippen molar-refractivity contribution >= 4 is 34.9 Å². The third-order valence-corrected chi connectivity index (χ3v) is 5.88. The molecule has 5 rings (SSSR count). The summed E-state index contributed by atoms with van der Waals surface area (Å²) in [4.78, 5) is 33.3. The number of aromatic amines is 1. The molecule has 162 valence electrons. The van der Waals surface area contributed by atoms with Gasteiger partial charge in [0, 0.05) is 23.2 Å². The van der Waals surface area contributed by atoms with Crippen molar-refractivity contribution in [2.75, 3.05) is 12.5 Å². The Hall–Kier alpha value is -3.50. The van der Waals surface area contributed by atoms with Gasteiger partial charge in [-0.05, 0) is 35.9 Å². The second-order valence-electron chi connectivity index (χ2n) is 6.90. The lowest BCUT2D eigenvalue weighted by molar-refractivity contribution is -0.118. The molecule has 32 heavy (non-hydrogen) atoms. The smallest absolute Gasteiger partial charge is 0.266 e. The zero-order valence-electron chi connectivity index (χ0n) is 16.5. The van der Waals surface area contributed by atoms with Crippen LogP contribution in [0.15, 0.2) is 58.5 Å². The summed E-state index contributed by atoms with van der Waals surface area (Å²) in [5.74, 6) is 1.61. The van der Waals surface area contributed by atoms with Gasteiger partial charge >= 0.3 is 0 Å². The van der Waals surface area contributed by atoms with E-state index in [0.717, 1.165) is 5.56 Å². The van der Waals surface area contributed by atoms with Gasteiger partial charge in [0.05, 0.1) is 5.75 Å². The Morgan fingerprint density at radius 1 is 1.12 bits per heavy atom. The van der Waals surface area contributed by atoms with Gasteiger partial charge in [-0.1, -0.05) is 35.5 Å². The molecular weight excluding hydrogens is 454 g/mol. The minimum atomic E-state index is -0.309. The summed E-state index contributed by atoms with van der Waals surface area (Å²) >= 11 is 7.08. The Labute approximate surface area is 190 Å². The molecule has 2 N–H and O–H groups in total. The molecule has 1 aliphatic heterocycles. The highest BCUT2D eigenvalue weighted by atomic mass is 35.5. The first-order chi connectivity index (χ1) is 15.5. The molecule has 0 radical (unpaired) electrons. The van der Waals surface area contributed by atoms with Crippen LogP contribution in [0.25, 0.3) is 17.0 Å². The Balaban J connectivity index is 1.35. The van der Waals surface area contributed by atoms with E-state index in [9.17, 15) is 9.59 Å². The fourth-order valence-electron chi connectivity index (χ4n) is 3.13. The van der Waals surface area contributed by atoms with E-state index in [-0.39, 0.29) is 24.0 Å². The van der Waals surface area contributed by atoms with Gasteiger partial charge in [0.2, 0.25) is 12.7 Å². The predicted molar refractivity (Wildman–Crippen MR) is 119 cm³/mol. The van der Waals surface area contributed by atoms with Crippen LogP contribution in [0.5, 0.6) is 11.5 Å². The van der Waals surface area contributed by atoms with Crippen LogP contribution in [0.3, 0.4) is 0 Å². The van der Waals surface area contributed by atoms with Gasteiger partial charge < -0.3 is 14.8 Å². The standard InChI is InChI=1S/C21H16ClN5O4S/c22-14-4-1-12(2-5-14)9-23-19(29)10-32-21-25-20(24-17-8-18(28)26-27(17)21)13-3-6-15-16(7-13)31-11-30-15/h1-8H,9-11H2,(H,23,29)(H,26,28). The third-order valence-electron chi connectivity index (χ3n) is 4.69. The van der Waals surface area contributed by atoms with Crippen molar-refractivity contribution < 1.29 is 14.3 Å². The zero-order chi connectivity index (χ0) is 22.1. The first-order valence-corrected chi connectivity index (χ1v) is 11.0. The number of ether oxygens (including phenoxy) is 2. The maximum absolute atomic E-state index is 12.4. The quantitative estimate of drug-likeness (QED) is 0.418. The van der Waals surface area contributed by atoms with Crippen LogP contribution in [-0.4, -0.2) is 38.0 Å². The molecule has 3 heterocycles. The van der Waals surface area contributed by atoms with Crippen LogP contribution >= 0.6 is 23.4 Å². The first kappa shape index (κ1) is 20.4. The maximum Gasteiger partial charge on any atom is 0.266 e. The molecule has 11 heteroatoms. The van der Waals surface area contributed by atoms with Crippen molar-refractivity contribution in [3.63, 3.8) is 0 Å². The van der Waals surface area contributed by atoms with Gasteiger partial charge in [0.25, 0.3) is 5.56 Å². The molecule has 2 aromatic carbocycles. The largest absolute Gasteiger partial charge is 0.454 e. The molecule has 1 amide bonds. The molecule has 4 aromatic rings. The summed E-state index contributed by atoms with van der Waals surface area (Å²) < 4.78 is 12.2. The van der Waals surface area contributed by atoms with Crippen LogP contribution in [0.1, 0.15) is 5.56 Å². The summed E-state index contributed by atoms with van der Waals surface area (Å²) in [5.41, 5.74) is 1.74. The number of halogens is 1. The number of amides is 1. The van der Waals surface area contributed by atoms with Gasteiger partial charge in [-0.2, -0.15) is 0 Å². The van der Waals surface area contributed by atoms with Crippen molar-refractivity contribution in [2.24, 2.45) is 0 Å². The number of carbonyl (C=O) groups excluding carboxylic acids is 1. The molecule has 0 spiro atoms. The van der Waals surface area contributed by atoms with Crippen LogP contribution in [0.4, 0.5) is 0 Å². The van der Waals surface area contributed by atoms with E-state index >= 15 is 0 Å². The van der Waals surface area contributed by atoms with Crippen molar-refractivity contribution in [1.82, 2.24) is 24.9 Å². The third kappa shape index (κ3) is 4.27. The van der Waals surface area contributed by atoms with Crippen LogP contribution in [-0.2, 0) is 11.3 Å². The molecule has 0 atom stereocenters. The summed E-state index contributed by atoms with van der Waals surface area (Å²) in [7, 11) is 0. The van der Waals surface area contributed by atoms with E-state index in [1.165, 1.54) is 22.3 Å². The highest BCUT2D eigenvalue weighted by Crippen LogP contribution is 2.35. The van der Waals surface area contributed by atoms with E-state index < -0.39 is 0 Å². The van der Waals surface area contributed by atoms with Crippen LogP contribution in [0, 0.1) is 0 Å². The maximum atomic E-state index is 12.4. The van der Waals surface area contributed by atoms with E-state index in [1.54, 1.807) is 24.3 Å². The molecule has 0 fully saturated rings. The number of thioether (sulfide) groups is 1. The molecule has 9 nitrogen and oxygen atoms in total. The molecule has 1 aliphatic rings. The second kappa shape index (κ2) is 8.56. The summed E-state index contributed by atoms with van der Waals surface area (Å²) in [5, 5.41) is 6.60. The Morgan fingerprint density at radius 2 is 1.94 bits per heavy atom. The number of fused-ring (bicyclic) bond motifs is 2. The number of nitrogens with one attached hydrogen (secondary N) is 2. The Morgan fingerprint density at radius 3 is 2.78 bits per heavy atom. The normalized spacial score (nSPS) is 12.3. The van der Waals surface area contributed by atoms with Crippen molar-refractivity contribution in [3.05, 3.63) is 69.5 Å². The average Bonchev–Trinajstić information content (AvgIpc) is 3.41. The molecule has 2 aromatic heterocycles. The lowest BCUT2D eigenvalue weighted by Gasteiger charge is -2.09. The SMILES string of the molecule is O=C(CSc1nc(-c2ccc3c(c2)OCO3)nc2cc(=O)[nH]n12)NCc1ccc(Cl)cc1. The van der Waals surface area contributed by atoms with Gasteiger partial charge in [-0.15, -0.1) is 0 Å². The van der Waals surface area contributed by atoms with Gasteiger partial charge in [-0.3, -0.25) is 14.7 Å². The summed E-state index contributed by atoms with van der Waals surface area (Å²) in [6, 6.07) is 14.0. The number of rotatable bonds is 6. The summed E-state index contributed by atoms with van der Waals surface area (Å²) in [6.07, 6.45) is 0. The van der Waals surface area contributed by atoms with E-state index in [4.69, 9.17) is 21.1 Å². The van der Waals surface area contributed by atoms with E-state index in [0.29, 0.717) is 45.3 Å². The van der Waals surface area contributed by atoms with Gasteiger partial charge in [0.1, 0.15) is 0 Å². The number of hydrogen-bond acceptors (Lipinski definition) is 7. The Kier molecular flexibility index (Phi) is 5.46. The van der Waals surface area contributed by atoms with Crippen molar-refractivity contribution in [1.29, 1.82) is 0 Å². The number of aromatic nitrogens is 4. The summed E-state index contributed by atoms with van der Waals surface area (Å²) in [6.45, 7) is 0.552. The van der Waals surface area contributed by atoms with Gasteiger partial charge in [0.15, 0.2) is 28.1 Å². The fraction of sp³-hybridized carbons (Fsp3) is 0.143. The highest BCUT2D eigenvalue weighted by Gasteiger charge is 2.17. The fourth-order valence-corrected chi connectivity index (χ4v) is 4.04. The predicted octanol–water partition coefficient (Wildman–Crippen LogP) is 2.88. The number of H-pyrrole nitrogens is 1. The molecule has 0 saturated heterocycles. The number of benzene rings is 2. The van der Waals surface area contributed by atoms with Crippen molar-refractivity contribution in [3.8, 4) is 22.9 Å². The molecule has 0 aliphatic carbocycles. The Bertz CT molecular complexity index is 1370. The number of hydrogen-bond donors (Lipinski definition) is 2. The van der Waals surface area contributed by atoms with E-state index in [2.05, 4.69) is 20.4 Å². The van der Waals surface area contributed by atoms with Crippen LogP contribution in [0.2, 0.25) is 5.02 Å². The van der Waals surface area contributed by atoms with Crippen LogP contribution < -0.4 is 20.3 Å². The minimum Gasteiger partial charge on any atom is -0.454 e. The number of carbonyl (C=O) groups is 1. The molecule has 0 bridgehead atoms. The number of nitrogens with zero attached hydrogens (tertiary/aromatic N) is 3. The highest BCUT2D eigenvalue weighted by molar-refractivity contribution is 7.99. The topological polar surface area (TPSA) is 111 Å². The molecular formula is C21H16ClN5O4S.